The number of nitrogens with one attached hydrogen (secondary N) is 2. The SMILES string of the molecule is CN(Cc1ccncc1)S(=O)(=O)c1cc(C(=O)NOCC2CC2)c(Nc2ccc(I)cc2)c(F)c1F. The van der Waals surface area contributed by atoms with Crippen molar-refractivity contribution < 1.29 is 26.8 Å². The zero-order chi connectivity index (χ0) is 25.9. The third-order valence-corrected chi connectivity index (χ3v) is 8.08. The average Bonchev–Trinajstić information content (AvgIpc) is 3.68. The van der Waals surface area contributed by atoms with Crippen LogP contribution in [0.25, 0.3) is 0 Å². The predicted molar refractivity (Wildman–Crippen MR) is 138 cm³/mol. The van der Waals surface area contributed by atoms with Crippen molar-refractivity contribution in [2.24, 2.45) is 5.92 Å². The molecule has 12 heteroatoms. The maximum Gasteiger partial charge on any atom is 0.277 e. The van der Waals surface area contributed by atoms with Gasteiger partial charge >= 0.3 is 0 Å². The number of aromatic nitrogens is 1. The zero-order valence-electron chi connectivity index (χ0n) is 19.2. The molecule has 1 heterocycles. The summed E-state index contributed by atoms with van der Waals surface area (Å²) in [6, 6.07) is 10.8. The molecule has 1 saturated carbocycles. The second kappa shape index (κ2) is 11.2. The summed E-state index contributed by atoms with van der Waals surface area (Å²) < 4.78 is 58.8. The Hall–Kier alpha value is -2.68. The summed E-state index contributed by atoms with van der Waals surface area (Å²) in [4.78, 5) is 21.1. The number of halogens is 3. The topological polar surface area (TPSA) is 101 Å². The second-order valence-electron chi connectivity index (χ2n) is 8.36. The van der Waals surface area contributed by atoms with Crippen molar-refractivity contribution in [2.75, 3.05) is 19.0 Å². The van der Waals surface area contributed by atoms with Gasteiger partial charge in [-0.3, -0.25) is 14.6 Å². The van der Waals surface area contributed by atoms with Gasteiger partial charge in [0.25, 0.3) is 5.91 Å². The normalized spacial score (nSPS) is 13.6. The van der Waals surface area contributed by atoms with E-state index in [1.54, 1.807) is 36.4 Å². The number of amides is 1. The van der Waals surface area contributed by atoms with Crippen molar-refractivity contribution in [2.45, 2.75) is 24.3 Å². The van der Waals surface area contributed by atoms with Crippen molar-refractivity contribution in [3.05, 3.63) is 81.2 Å². The average molecular weight is 628 g/mol. The minimum atomic E-state index is -4.52. The maximum atomic E-state index is 15.4. The molecule has 0 aliphatic heterocycles. The molecule has 4 rings (SSSR count). The first kappa shape index (κ1) is 26.4. The fourth-order valence-electron chi connectivity index (χ4n) is 3.33. The number of hydrogen-bond acceptors (Lipinski definition) is 6. The Balaban J connectivity index is 1.71. The largest absolute Gasteiger partial charge is 0.352 e. The van der Waals surface area contributed by atoms with E-state index in [1.165, 1.54) is 19.4 Å². The Labute approximate surface area is 221 Å². The lowest BCUT2D eigenvalue weighted by Crippen LogP contribution is -2.30. The number of rotatable bonds is 10. The number of nitrogens with zero attached hydrogens (tertiary/aromatic N) is 2. The summed E-state index contributed by atoms with van der Waals surface area (Å²) in [5.41, 5.74) is 2.27. The Morgan fingerprint density at radius 3 is 2.44 bits per heavy atom. The smallest absolute Gasteiger partial charge is 0.277 e. The number of sulfonamides is 1. The predicted octanol–water partition coefficient (Wildman–Crippen LogP) is 4.60. The van der Waals surface area contributed by atoms with Gasteiger partial charge in [0.2, 0.25) is 10.0 Å². The molecule has 0 unspecified atom stereocenters. The van der Waals surface area contributed by atoms with Crippen LogP contribution < -0.4 is 10.8 Å². The molecule has 2 aromatic carbocycles. The van der Waals surface area contributed by atoms with Crippen LogP contribution in [0.5, 0.6) is 0 Å². The number of hydroxylamine groups is 1. The lowest BCUT2D eigenvalue weighted by Gasteiger charge is -2.20. The van der Waals surface area contributed by atoms with Gasteiger partial charge in [-0.1, -0.05) is 0 Å². The van der Waals surface area contributed by atoms with Crippen LogP contribution in [0.4, 0.5) is 20.2 Å². The highest BCUT2D eigenvalue weighted by Gasteiger charge is 2.32. The van der Waals surface area contributed by atoms with Gasteiger partial charge < -0.3 is 5.32 Å². The standard InChI is InChI=1S/C24H23F2IN4O4S/c1-31(13-15-8-10-28-11-9-15)36(33,34)20-12-19(24(32)30-35-14-16-2-3-16)23(22(26)21(20)25)29-18-6-4-17(27)5-7-18/h4-12,16,29H,2-3,13-14H2,1H3,(H,30,32). The van der Waals surface area contributed by atoms with Crippen molar-refractivity contribution in [1.29, 1.82) is 0 Å². The van der Waals surface area contributed by atoms with Crippen LogP contribution in [-0.4, -0.2) is 37.3 Å². The fraction of sp³-hybridized carbons (Fsp3) is 0.250. The summed E-state index contributed by atoms with van der Waals surface area (Å²) in [5.74, 6) is -3.67. The van der Waals surface area contributed by atoms with E-state index in [0.29, 0.717) is 17.2 Å². The van der Waals surface area contributed by atoms with Crippen molar-refractivity contribution >= 4 is 49.9 Å². The van der Waals surface area contributed by atoms with E-state index in [9.17, 15) is 13.2 Å². The Kier molecular flexibility index (Phi) is 8.17. The van der Waals surface area contributed by atoms with Gasteiger partial charge in [0.15, 0.2) is 11.6 Å². The number of hydrogen-bond donors (Lipinski definition) is 2. The van der Waals surface area contributed by atoms with Gasteiger partial charge in [-0.2, -0.15) is 4.31 Å². The first-order valence-corrected chi connectivity index (χ1v) is 13.5. The van der Waals surface area contributed by atoms with Gasteiger partial charge in [0.05, 0.1) is 17.9 Å². The summed E-state index contributed by atoms with van der Waals surface area (Å²) >= 11 is 2.09. The number of carbonyl (C=O) groups is 1. The molecule has 1 aliphatic carbocycles. The summed E-state index contributed by atoms with van der Waals surface area (Å²) in [7, 11) is -3.28. The van der Waals surface area contributed by atoms with Gasteiger partial charge in [-0.05, 0) is 89.4 Å². The molecule has 0 saturated heterocycles. The minimum absolute atomic E-state index is 0.111. The molecule has 0 spiro atoms. The van der Waals surface area contributed by atoms with Crippen LogP contribution in [0.15, 0.2) is 59.8 Å². The Morgan fingerprint density at radius 2 is 1.81 bits per heavy atom. The molecule has 0 radical (unpaired) electrons. The number of carbonyl (C=O) groups excluding carboxylic acids is 1. The molecule has 8 nitrogen and oxygen atoms in total. The number of benzene rings is 2. The van der Waals surface area contributed by atoms with E-state index in [0.717, 1.165) is 26.8 Å². The second-order valence-corrected chi connectivity index (χ2v) is 11.6. The van der Waals surface area contributed by atoms with Crippen molar-refractivity contribution in [3.63, 3.8) is 0 Å². The molecule has 1 fully saturated rings. The van der Waals surface area contributed by atoms with E-state index in [4.69, 9.17) is 4.84 Å². The number of anilines is 2. The van der Waals surface area contributed by atoms with Gasteiger partial charge in [0, 0.05) is 35.2 Å². The third kappa shape index (κ3) is 6.17. The van der Waals surface area contributed by atoms with Gasteiger partial charge in [-0.25, -0.2) is 22.7 Å². The van der Waals surface area contributed by atoms with Crippen LogP contribution in [0.2, 0.25) is 0 Å². The first-order chi connectivity index (χ1) is 17.2. The number of pyridine rings is 1. The van der Waals surface area contributed by atoms with Gasteiger partial charge in [0.1, 0.15) is 4.90 Å². The van der Waals surface area contributed by atoms with Crippen LogP contribution in [0.1, 0.15) is 28.8 Å². The third-order valence-electron chi connectivity index (χ3n) is 5.56. The molecule has 36 heavy (non-hydrogen) atoms. The summed E-state index contributed by atoms with van der Waals surface area (Å²) in [5, 5.41) is 2.70. The van der Waals surface area contributed by atoms with E-state index in [-0.39, 0.29) is 13.2 Å². The first-order valence-electron chi connectivity index (χ1n) is 11.0. The highest BCUT2D eigenvalue weighted by atomic mass is 127. The molecular formula is C24H23F2IN4O4S. The minimum Gasteiger partial charge on any atom is -0.352 e. The van der Waals surface area contributed by atoms with Crippen LogP contribution >= 0.6 is 22.6 Å². The summed E-state index contributed by atoms with van der Waals surface area (Å²) in [6.07, 6.45) is 4.94. The molecule has 190 valence electrons. The molecule has 1 amide bonds. The van der Waals surface area contributed by atoms with E-state index >= 15 is 8.78 Å². The quantitative estimate of drug-likeness (QED) is 0.252. The highest BCUT2D eigenvalue weighted by molar-refractivity contribution is 14.1. The summed E-state index contributed by atoms with van der Waals surface area (Å²) in [6.45, 7) is 0.162. The van der Waals surface area contributed by atoms with Crippen LogP contribution in [0, 0.1) is 21.1 Å². The van der Waals surface area contributed by atoms with Crippen LogP contribution in [0.3, 0.4) is 0 Å². The van der Waals surface area contributed by atoms with E-state index in [1.807, 2.05) is 0 Å². The van der Waals surface area contributed by atoms with Crippen LogP contribution in [-0.2, 0) is 21.4 Å². The molecule has 1 aromatic heterocycles. The Bertz CT molecular complexity index is 1350. The molecule has 1 aliphatic rings. The molecule has 0 bridgehead atoms. The molecule has 3 aromatic rings. The lowest BCUT2D eigenvalue weighted by molar-refractivity contribution is 0.0270. The van der Waals surface area contributed by atoms with Gasteiger partial charge in [-0.15, -0.1) is 0 Å². The zero-order valence-corrected chi connectivity index (χ0v) is 22.1. The highest BCUT2D eigenvalue weighted by Crippen LogP contribution is 2.33. The maximum absolute atomic E-state index is 15.4. The molecule has 0 atom stereocenters. The molecule has 2 N–H and O–H groups in total. The monoisotopic (exact) mass is 628 g/mol. The van der Waals surface area contributed by atoms with E-state index < -0.39 is 43.7 Å². The fourth-order valence-corrected chi connectivity index (χ4v) is 4.93. The molecular weight excluding hydrogens is 605 g/mol. The van der Waals surface area contributed by atoms with Crippen molar-refractivity contribution in [1.82, 2.24) is 14.8 Å². The van der Waals surface area contributed by atoms with Crippen molar-refractivity contribution in [3.8, 4) is 0 Å². The van der Waals surface area contributed by atoms with E-state index in [2.05, 4.69) is 38.4 Å². The Morgan fingerprint density at radius 1 is 1.14 bits per heavy atom. The lowest BCUT2D eigenvalue weighted by atomic mass is 10.1.